The first kappa shape index (κ1) is 20.8. The molecule has 0 aliphatic carbocycles. The Morgan fingerprint density at radius 3 is 2.61 bits per heavy atom. The zero-order valence-corrected chi connectivity index (χ0v) is 17.3. The summed E-state index contributed by atoms with van der Waals surface area (Å²) in [5.41, 5.74) is 1.54. The molecule has 0 bridgehead atoms. The van der Waals surface area contributed by atoms with Gasteiger partial charge in [0.05, 0.1) is 22.8 Å². The normalized spacial score (nSPS) is 14.9. The average Bonchev–Trinajstić information content (AvgIpc) is 2.71. The third-order valence-electron chi connectivity index (χ3n) is 5.02. The predicted octanol–water partition coefficient (Wildman–Crippen LogP) is 4.49. The van der Waals surface area contributed by atoms with E-state index in [-0.39, 0.29) is 11.5 Å². The standard InChI is InChI=1S/C21H24Cl2N2O3/c1-28-20-14-15(7-8-19(20)27)18(26)6-3-9-24-10-12-25(13-11-24)17-5-2-4-16(22)21(17)23/h2,4-5,7-8,14,27H,3,6,9-13H2,1H3. The second kappa shape index (κ2) is 9.50. The second-order valence-electron chi connectivity index (χ2n) is 6.81. The summed E-state index contributed by atoms with van der Waals surface area (Å²) in [4.78, 5) is 17.0. The van der Waals surface area contributed by atoms with E-state index in [2.05, 4.69) is 9.80 Å². The second-order valence-corrected chi connectivity index (χ2v) is 7.60. The maximum absolute atomic E-state index is 12.4. The minimum atomic E-state index is 0.0386. The number of hydrogen-bond acceptors (Lipinski definition) is 5. The number of aromatic hydroxyl groups is 1. The highest BCUT2D eigenvalue weighted by atomic mass is 35.5. The van der Waals surface area contributed by atoms with Gasteiger partial charge in [0.1, 0.15) is 0 Å². The van der Waals surface area contributed by atoms with Crippen LogP contribution in [-0.2, 0) is 0 Å². The lowest BCUT2D eigenvalue weighted by Gasteiger charge is -2.36. The van der Waals surface area contributed by atoms with Gasteiger partial charge in [-0.1, -0.05) is 29.3 Å². The van der Waals surface area contributed by atoms with Crippen molar-refractivity contribution in [1.29, 1.82) is 0 Å². The number of carbonyl (C=O) groups excluding carboxylic acids is 1. The summed E-state index contributed by atoms with van der Waals surface area (Å²) in [5, 5.41) is 10.8. The molecule has 1 fully saturated rings. The number of phenols is 1. The molecule has 0 aromatic heterocycles. The lowest BCUT2D eigenvalue weighted by atomic mass is 10.1. The number of carbonyl (C=O) groups is 1. The molecule has 0 spiro atoms. The van der Waals surface area contributed by atoms with E-state index < -0.39 is 0 Å². The molecule has 1 N–H and O–H groups in total. The van der Waals surface area contributed by atoms with Gasteiger partial charge in [0.2, 0.25) is 0 Å². The largest absolute Gasteiger partial charge is 0.504 e. The summed E-state index contributed by atoms with van der Waals surface area (Å²) in [6.45, 7) is 4.47. The van der Waals surface area contributed by atoms with E-state index in [1.165, 1.54) is 13.2 Å². The lowest BCUT2D eigenvalue weighted by molar-refractivity contribution is 0.0974. The van der Waals surface area contributed by atoms with Gasteiger partial charge in [-0.3, -0.25) is 9.69 Å². The molecule has 1 saturated heterocycles. The maximum Gasteiger partial charge on any atom is 0.163 e. The summed E-state index contributed by atoms with van der Waals surface area (Å²) in [7, 11) is 1.47. The summed E-state index contributed by atoms with van der Waals surface area (Å²) >= 11 is 12.4. The highest BCUT2D eigenvalue weighted by Crippen LogP contribution is 2.33. The number of phenolic OH excluding ortho intramolecular Hbond substituents is 1. The van der Waals surface area contributed by atoms with Crippen LogP contribution in [0.2, 0.25) is 10.0 Å². The third-order valence-corrected chi connectivity index (χ3v) is 5.83. The predicted molar refractivity (Wildman–Crippen MR) is 113 cm³/mol. The van der Waals surface area contributed by atoms with Crippen molar-refractivity contribution in [1.82, 2.24) is 4.90 Å². The van der Waals surface area contributed by atoms with E-state index in [4.69, 9.17) is 27.9 Å². The first-order valence-corrected chi connectivity index (χ1v) is 10.1. The summed E-state index contributed by atoms with van der Waals surface area (Å²) in [5.74, 6) is 0.418. The van der Waals surface area contributed by atoms with Gasteiger partial charge in [-0.05, 0) is 43.3 Å². The molecule has 1 aliphatic heterocycles. The first-order valence-electron chi connectivity index (χ1n) is 9.31. The molecule has 3 rings (SSSR count). The Morgan fingerprint density at radius 2 is 1.89 bits per heavy atom. The molecule has 0 amide bonds. The van der Waals surface area contributed by atoms with Crippen LogP contribution in [0.4, 0.5) is 5.69 Å². The molecule has 2 aromatic rings. The molecule has 1 aliphatic rings. The Kier molecular flexibility index (Phi) is 7.05. The van der Waals surface area contributed by atoms with Gasteiger partial charge in [-0.15, -0.1) is 0 Å². The van der Waals surface area contributed by atoms with Crippen molar-refractivity contribution in [3.8, 4) is 11.5 Å². The van der Waals surface area contributed by atoms with Crippen LogP contribution in [0.25, 0.3) is 0 Å². The highest BCUT2D eigenvalue weighted by Gasteiger charge is 2.20. The van der Waals surface area contributed by atoms with Crippen molar-refractivity contribution < 1.29 is 14.6 Å². The molecule has 2 aromatic carbocycles. The molecule has 5 nitrogen and oxygen atoms in total. The van der Waals surface area contributed by atoms with Crippen LogP contribution in [0.5, 0.6) is 11.5 Å². The number of Topliss-reactive ketones (excluding diaryl/α,β-unsaturated/α-hetero) is 1. The number of anilines is 1. The molecule has 28 heavy (non-hydrogen) atoms. The van der Waals surface area contributed by atoms with Crippen LogP contribution in [0.15, 0.2) is 36.4 Å². The number of ketones is 1. The zero-order valence-electron chi connectivity index (χ0n) is 15.8. The number of hydrogen-bond donors (Lipinski definition) is 1. The van der Waals surface area contributed by atoms with Crippen molar-refractivity contribution >= 4 is 34.7 Å². The maximum atomic E-state index is 12.4. The van der Waals surface area contributed by atoms with Crippen molar-refractivity contribution in [2.75, 3.05) is 44.7 Å². The van der Waals surface area contributed by atoms with Crippen LogP contribution in [0, 0.1) is 0 Å². The number of rotatable bonds is 7. The third kappa shape index (κ3) is 4.90. The fraction of sp³-hybridized carbons (Fsp3) is 0.381. The molecule has 0 unspecified atom stereocenters. The van der Waals surface area contributed by atoms with Gasteiger partial charge in [-0.25, -0.2) is 0 Å². The first-order chi connectivity index (χ1) is 13.5. The molecule has 0 atom stereocenters. The van der Waals surface area contributed by atoms with Gasteiger partial charge in [0, 0.05) is 38.2 Å². The highest BCUT2D eigenvalue weighted by molar-refractivity contribution is 6.43. The summed E-state index contributed by atoms with van der Waals surface area (Å²) < 4.78 is 5.06. The van der Waals surface area contributed by atoms with Crippen LogP contribution in [-0.4, -0.2) is 55.6 Å². The van der Waals surface area contributed by atoms with E-state index >= 15 is 0 Å². The summed E-state index contributed by atoms with van der Waals surface area (Å²) in [6.07, 6.45) is 1.26. The fourth-order valence-electron chi connectivity index (χ4n) is 3.41. The molecule has 7 heteroatoms. The van der Waals surface area contributed by atoms with Crippen LogP contribution in [0.3, 0.4) is 0 Å². The Hall–Kier alpha value is -1.95. The molecular weight excluding hydrogens is 399 g/mol. The van der Waals surface area contributed by atoms with Gasteiger partial charge < -0.3 is 14.7 Å². The van der Waals surface area contributed by atoms with Crippen LogP contribution < -0.4 is 9.64 Å². The topological polar surface area (TPSA) is 53.0 Å². The van der Waals surface area contributed by atoms with Crippen LogP contribution >= 0.6 is 23.2 Å². The number of methoxy groups -OCH3 is 1. The number of nitrogens with zero attached hydrogens (tertiary/aromatic N) is 2. The fourth-order valence-corrected chi connectivity index (χ4v) is 3.82. The molecular formula is C21H24Cl2N2O3. The minimum Gasteiger partial charge on any atom is -0.504 e. The summed E-state index contributed by atoms with van der Waals surface area (Å²) in [6, 6.07) is 10.4. The Labute approximate surface area is 175 Å². The van der Waals surface area contributed by atoms with E-state index in [1.54, 1.807) is 18.2 Å². The van der Waals surface area contributed by atoms with Crippen molar-refractivity contribution in [3.05, 3.63) is 52.0 Å². The smallest absolute Gasteiger partial charge is 0.163 e. The Balaban J connectivity index is 1.45. The molecule has 150 valence electrons. The number of piperazine rings is 1. The van der Waals surface area contributed by atoms with Gasteiger partial charge in [0.25, 0.3) is 0 Å². The van der Waals surface area contributed by atoms with Crippen molar-refractivity contribution in [3.63, 3.8) is 0 Å². The molecule has 1 heterocycles. The van der Waals surface area contributed by atoms with Crippen LogP contribution in [0.1, 0.15) is 23.2 Å². The molecule has 0 saturated carbocycles. The van der Waals surface area contributed by atoms with Crippen molar-refractivity contribution in [2.24, 2.45) is 0 Å². The van der Waals surface area contributed by atoms with E-state index in [0.29, 0.717) is 27.8 Å². The van der Waals surface area contributed by atoms with Gasteiger partial charge in [0.15, 0.2) is 17.3 Å². The van der Waals surface area contributed by atoms with Gasteiger partial charge >= 0.3 is 0 Å². The SMILES string of the molecule is COc1cc(C(=O)CCCN2CCN(c3cccc(Cl)c3Cl)CC2)ccc1O. The zero-order chi connectivity index (χ0) is 20.1. The Morgan fingerprint density at radius 1 is 1.14 bits per heavy atom. The van der Waals surface area contributed by atoms with E-state index in [0.717, 1.165) is 44.8 Å². The lowest BCUT2D eigenvalue weighted by Crippen LogP contribution is -2.46. The van der Waals surface area contributed by atoms with E-state index in [9.17, 15) is 9.90 Å². The number of ether oxygens (including phenoxy) is 1. The molecule has 0 radical (unpaired) electrons. The quantitative estimate of drug-likeness (QED) is 0.665. The van der Waals surface area contributed by atoms with Crippen molar-refractivity contribution in [2.45, 2.75) is 12.8 Å². The number of halogens is 2. The monoisotopic (exact) mass is 422 g/mol. The average molecular weight is 423 g/mol. The van der Waals surface area contributed by atoms with Gasteiger partial charge in [-0.2, -0.15) is 0 Å². The van der Waals surface area contributed by atoms with E-state index in [1.807, 2.05) is 12.1 Å². The minimum absolute atomic E-state index is 0.0386. The Bertz CT molecular complexity index is 836. The number of benzene rings is 2.